The van der Waals surface area contributed by atoms with Gasteiger partial charge in [0.2, 0.25) is 0 Å². The highest BCUT2D eigenvalue weighted by molar-refractivity contribution is 5.09. The van der Waals surface area contributed by atoms with E-state index in [1.165, 1.54) is 0 Å². The molecule has 0 N–H and O–H groups in total. The number of aromatic nitrogens is 2. The number of nitrogens with zero attached hydrogens (tertiary/aromatic N) is 3. The third kappa shape index (κ3) is 1.99. The lowest BCUT2D eigenvalue weighted by Gasteiger charge is -2.25. The molecule has 0 radical (unpaired) electrons. The first-order valence-electron chi connectivity index (χ1n) is 4.86. The summed E-state index contributed by atoms with van der Waals surface area (Å²) in [6, 6.07) is 0. The van der Waals surface area contributed by atoms with Gasteiger partial charge in [-0.2, -0.15) is 13.2 Å². The predicted molar refractivity (Wildman–Crippen MR) is 48.2 cm³/mol. The highest BCUT2D eigenvalue weighted by Crippen LogP contribution is 2.29. The maximum atomic E-state index is 12.4. The Morgan fingerprint density at radius 1 is 1.40 bits per heavy atom. The van der Waals surface area contributed by atoms with Crippen molar-refractivity contribution in [3.8, 4) is 0 Å². The molecule has 0 saturated carbocycles. The van der Waals surface area contributed by atoms with E-state index in [0.717, 1.165) is 19.3 Å². The molecule has 0 aromatic carbocycles. The second-order valence-corrected chi connectivity index (χ2v) is 3.60. The molecule has 0 saturated heterocycles. The average molecular weight is 219 g/mol. The molecule has 84 valence electrons. The van der Waals surface area contributed by atoms with Gasteiger partial charge in [-0.15, -0.1) is 0 Å². The number of alkyl halides is 3. The molecule has 0 aliphatic carbocycles. The van der Waals surface area contributed by atoms with Crippen LogP contribution in [0.3, 0.4) is 0 Å². The summed E-state index contributed by atoms with van der Waals surface area (Å²) in [6.45, 7) is 4.72. The van der Waals surface area contributed by atoms with Crippen molar-refractivity contribution in [1.29, 1.82) is 0 Å². The van der Waals surface area contributed by atoms with E-state index in [-0.39, 0.29) is 0 Å². The number of rotatable bonds is 1. The Kier molecular flexibility index (Phi) is 2.46. The summed E-state index contributed by atoms with van der Waals surface area (Å²) in [4.78, 5) is 5.69. The van der Waals surface area contributed by atoms with Gasteiger partial charge < -0.3 is 4.57 Å². The topological polar surface area (TPSA) is 21.1 Å². The van der Waals surface area contributed by atoms with Crippen LogP contribution in [0.25, 0.3) is 0 Å². The molecule has 2 rings (SSSR count). The van der Waals surface area contributed by atoms with Gasteiger partial charge in [0.15, 0.2) is 5.69 Å². The van der Waals surface area contributed by atoms with Crippen LogP contribution >= 0.6 is 0 Å². The fourth-order valence-electron chi connectivity index (χ4n) is 1.71. The minimum atomic E-state index is -4.33. The molecule has 1 aliphatic heterocycles. The Morgan fingerprint density at radius 2 is 2.13 bits per heavy atom. The fraction of sp³-hybridized carbons (Fsp3) is 0.667. The van der Waals surface area contributed by atoms with E-state index in [1.54, 1.807) is 4.57 Å². The van der Waals surface area contributed by atoms with E-state index in [9.17, 15) is 13.2 Å². The van der Waals surface area contributed by atoms with Crippen LogP contribution in [0, 0.1) is 0 Å². The smallest absolute Gasteiger partial charge is 0.332 e. The molecular weight excluding hydrogens is 207 g/mol. The molecule has 15 heavy (non-hydrogen) atoms. The van der Waals surface area contributed by atoms with Crippen LogP contribution in [0.2, 0.25) is 0 Å². The van der Waals surface area contributed by atoms with Crippen molar-refractivity contribution in [2.45, 2.75) is 26.2 Å². The Morgan fingerprint density at radius 3 is 2.73 bits per heavy atom. The predicted octanol–water partition coefficient (Wildman–Crippen LogP) is 1.74. The molecule has 1 aromatic rings. The van der Waals surface area contributed by atoms with Gasteiger partial charge in [-0.1, -0.05) is 6.92 Å². The zero-order chi connectivity index (χ0) is 11.1. The first-order chi connectivity index (χ1) is 7.00. The van der Waals surface area contributed by atoms with Gasteiger partial charge in [0, 0.05) is 19.3 Å². The standard InChI is InChI=1S/C9H12F3N3/c1-2-14-3-4-15-5-7(9(10,11)12)13-8(15)6-14/h5H,2-4,6H2,1H3. The zero-order valence-corrected chi connectivity index (χ0v) is 8.38. The summed E-state index contributed by atoms with van der Waals surface area (Å²) >= 11 is 0. The third-order valence-corrected chi connectivity index (χ3v) is 2.62. The second kappa shape index (κ2) is 3.52. The summed E-state index contributed by atoms with van der Waals surface area (Å²) in [5.74, 6) is 0.510. The molecule has 0 bridgehead atoms. The van der Waals surface area contributed by atoms with Crippen LogP contribution in [0.15, 0.2) is 6.20 Å². The minimum Gasteiger partial charge on any atom is -0.332 e. The Bertz CT molecular complexity index is 356. The molecule has 2 heterocycles. The van der Waals surface area contributed by atoms with Crippen LogP contribution in [0.4, 0.5) is 13.2 Å². The maximum absolute atomic E-state index is 12.4. The van der Waals surface area contributed by atoms with Crippen molar-refractivity contribution in [2.75, 3.05) is 13.1 Å². The first-order valence-corrected chi connectivity index (χ1v) is 4.86. The van der Waals surface area contributed by atoms with E-state index >= 15 is 0 Å². The van der Waals surface area contributed by atoms with E-state index in [0.29, 0.717) is 18.9 Å². The number of hydrogen-bond donors (Lipinski definition) is 0. The number of halogens is 3. The van der Waals surface area contributed by atoms with E-state index in [2.05, 4.69) is 9.88 Å². The summed E-state index contributed by atoms with van der Waals surface area (Å²) < 4.78 is 38.7. The first kappa shape index (κ1) is 10.5. The Hall–Kier alpha value is -1.04. The Balaban J connectivity index is 2.26. The molecule has 6 heteroatoms. The number of likely N-dealkylation sites (N-methyl/N-ethyl adjacent to an activating group) is 1. The monoisotopic (exact) mass is 219 g/mol. The molecular formula is C9H12F3N3. The molecule has 0 unspecified atom stereocenters. The molecule has 3 nitrogen and oxygen atoms in total. The fourth-order valence-corrected chi connectivity index (χ4v) is 1.71. The molecule has 0 spiro atoms. The van der Waals surface area contributed by atoms with E-state index < -0.39 is 11.9 Å². The van der Waals surface area contributed by atoms with Crippen LogP contribution in [0.5, 0.6) is 0 Å². The van der Waals surface area contributed by atoms with Crippen LogP contribution < -0.4 is 0 Å². The van der Waals surface area contributed by atoms with Crippen LogP contribution in [-0.4, -0.2) is 27.5 Å². The highest BCUT2D eigenvalue weighted by Gasteiger charge is 2.35. The van der Waals surface area contributed by atoms with Crippen molar-refractivity contribution in [2.24, 2.45) is 0 Å². The molecule has 0 atom stereocenters. The maximum Gasteiger partial charge on any atom is 0.434 e. The number of imidazole rings is 1. The zero-order valence-electron chi connectivity index (χ0n) is 8.38. The highest BCUT2D eigenvalue weighted by atomic mass is 19.4. The summed E-state index contributed by atoms with van der Waals surface area (Å²) in [5.41, 5.74) is -0.782. The second-order valence-electron chi connectivity index (χ2n) is 3.60. The van der Waals surface area contributed by atoms with E-state index in [1.807, 2.05) is 6.92 Å². The van der Waals surface area contributed by atoms with Gasteiger partial charge in [0.25, 0.3) is 0 Å². The molecule has 0 amide bonds. The Labute approximate surface area is 85.5 Å². The quantitative estimate of drug-likeness (QED) is 0.717. The summed E-state index contributed by atoms with van der Waals surface area (Å²) in [6.07, 6.45) is -3.23. The summed E-state index contributed by atoms with van der Waals surface area (Å²) in [5, 5.41) is 0. The number of fused-ring (bicyclic) bond motifs is 1. The number of hydrogen-bond acceptors (Lipinski definition) is 2. The van der Waals surface area contributed by atoms with Crippen LogP contribution in [0.1, 0.15) is 18.4 Å². The lowest BCUT2D eigenvalue weighted by atomic mass is 10.3. The van der Waals surface area contributed by atoms with Crippen molar-refractivity contribution >= 4 is 0 Å². The average Bonchev–Trinajstić information content (AvgIpc) is 2.59. The minimum absolute atomic E-state index is 0.507. The normalized spacial score (nSPS) is 17.9. The lowest BCUT2D eigenvalue weighted by molar-refractivity contribution is -0.141. The van der Waals surface area contributed by atoms with Gasteiger partial charge in [-0.25, -0.2) is 4.98 Å². The van der Waals surface area contributed by atoms with Crippen molar-refractivity contribution in [3.63, 3.8) is 0 Å². The van der Waals surface area contributed by atoms with Gasteiger partial charge >= 0.3 is 6.18 Å². The van der Waals surface area contributed by atoms with Gasteiger partial charge in [-0.05, 0) is 6.54 Å². The molecule has 1 aliphatic rings. The van der Waals surface area contributed by atoms with Crippen molar-refractivity contribution in [3.05, 3.63) is 17.7 Å². The SMILES string of the molecule is CCN1CCn2cc(C(F)(F)F)nc2C1. The summed E-state index contributed by atoms with van der Waals surface area (Å²) in [7, 11) is 0. The molecule has 1 aromatic heterocycles. The van der Waals surface area contributed by atoms with Gasteiger partial charge in [0.05, 0.1) is 6.54 Å². The van der Waals surface area contributed by atoms with Crippen molar-refractivity contribution < 1.29 is 13.2 Å². The van der Waals surface area contributed by atoms with Gasteiger partial charge in [0.1, 0.15) is 5.82 Å². The lowest BCUT2D eigenvalue weighted by Crippen LogP contribution is -2.33. The van der Waals surface area contributed by atoms with Crippen molar-refractivity contribution in [1.82, 2.24) is 14.5 Å². The molecule has 0 fully saturated rings. The van der Waals surface area contributed by atoms with Gasteiger partial charge in [-0.3, -0.25) is 4.90 Å². The largest absolute Gasteiger partial charge is 0.434 e. The third-order valence-electron chi connectivity index (χ3n) is 2.62. The van der Waals surface area contributed by atoms with E-state index in [4.69, 9.17) is 0 Å². The van der Waals surface area contributed by atoms with Crippen LogP contribution in [-0.2, 0) is 19.3 Å².